The van der Waals surface area contributed by atoms with Gasteiger partial charge in [0.25, 0.3) is 5.91 Å². The van der Waals surface area contributed by atoms with Gasteiger partial charge in [-0.3, -0.25) is 4.79 Å². The molecule has 0 fully saturated rings. The van der Waals surface area contributed by atoms with E-state index < -0.39 is 0 Å². The number of benzene rings is 1. The number of unbranched alkanes of at least 4 members (excludes halogenated alkanes) is 2. The molecule has 0 spiro atoms. The van der Waals surface area contributed by atoms with Crippen LogP contribution in [0.1, 0.15) is 48.1 Å². The van der Waals surface area contributed by atoms with Gasteiger partial charge in [-0.05, 0) is 37.5 Å². The third kappa shape index (κ3) is 6.49. The number of hydrogen-bond donors (Lipinski definition) is 2. The number of rotatable bonds is 9. The maximum atomic E-state index is 12.9. The van der Waals surface area contributed by atoms with Crippen molar-refractivity contribution in [2.75, 3.05) is 18.4 Å². The van der Waals surface area contributed by atoms with Gasteiger partial charge < -0.3 is 10.6 Å². The zero-order valence-corrected chi connectivity index (χ0v) is 14.8. The number of halogens is 1. The zero-order chi connectivity index (χ0) is 18.1. The Bertz CT molecular complexity index is 688. The summed E-state index contributed by atoms with van der Waals surface area (Å²) in [7, 11) is 0. The Hall–Kier alpha value is -2.50. The van der Waals surface area contributed by atoms with Crippen LogP contribution in [0.2, 0.25) is 0 Å². The highest BCUT2D eigenvalue weighted by Gasteiger charge is 2.10. The maximum Gasteiger partial charge on any atom is 0.270 e. The largest absolute Gasteiger partial charge is 0.370 e. The highest BCUT2D eigenvalue weighted by Crippen LogP contribution is 2.08. The third-order valence-corrected chi connectivity index (χ3v) is 3.77. The molecule has 2 N–H and O–H groups in total. The summed E-state index contributed by atoms with van der Waals surface area (Å²) in [5.74, 6) is 0.750. The Labute approximate surface area is 148 Å². The molecule has 1 aromatic heterocycles. The minimum Gasteiger partial charge on any atom is -0.370 e. The van der Waals surface area contributed by atoms with Crippen LogP contribution in [0.3, 0.4) is 0 Å². The number of aromatic nitrogens is 2. The number of anilines is 1. The Kier molecular flexibility index (Phi) is 7.32. The third-order valence-electron chi connectivity index (χ3n) is 3.77. The van der Waals surface area contributed by atoms with Crippen molar-refractivity contribution in [1.29, 1.82) is 0 Å². The highest BCUT2D eigenvalue weighted by atomic mass is 19.1. The first-order chi connectivity index (χ1) is 12.1. The molecule has 1 amide bonds. The zero-order valence-electron chi connectivity index (χ0n) is 14.8. The fourth-order valence-corrected chi connectivity index (χ4v) is 2.43. The molecule has 134 valence electrons. The maximum absolute atomic E-state index is 12.9. The molecule has 25 heavy (non-hydrogen) atoms. The normalized spacial score (nSPS) is 10.5. The highest BCUT2D eigenvalue weighted by molar-refractivity contribution is 5.92. The van der Waals surface area contributed by atoms with Gasteiger partial charge in [0.05, 0.1) is 0 Å². The number of hydrogen-bond acceptors (Lipinski definition) is 4. The number of nitrogens with zero attached hydrogens (tertiary/aromatic N) is 2. The summed E-state index contributed by atoms with van der Waals surface area (Å²) in [5.41, 5.74) is 1.40. The Morgan fingerprint density at radius 2 is 1.88 bits per heavy atom. The minimum absolute atomic E-state index is 0.178. The molecule has 1 aromatic carbocycles. The van der Waals surface area contributed by atoms with E-state index in [0.29, 0.717) is 30.4 Å². The fourth-order valence-electron chi connectivity index (χ4n) is 2.43. The number of carbonyl (C=O) groups is 1. The van der Waals surface area contributed by atoms with Crippen molar-refractivity contribution < 1.29 is 9.18 Å². The molecular weight excluding hydrogens is 319 g/mol. The van der Waals surface area contributed by atoms with Crippen molar-refractivity contribution in [3.8, 4) is 0 Å². The number of carbonyl (C=O) groups excluding carboxylic acids is 1. The predicted molar refractivity (Wildman–Crippen MR) is 97.2 cm³/mol. The number of amides is 1. The first kappa shape index (κ1) is 18.8. The van der Waals surface area contributed by atoms with Crippen molar-refractivity contribution in [2.45, 2.75) is 39.5 Å². The van der Waals surface area contributed by atoms with Gasteiger partial charge >= 0.3 is 0 Å². The Balaban J connectivity index is 1.89. The molecule has 0 aliphatic rings. The molecule has 0 radical (unpaired) electrons. The van der Waals surface area contributed by atoms with E-state index in [1.807, 2.05) is 0 Å². The molecule has 0 unspecified atom stereocenters. The van der Waals surface area contributed by atoms with E-state index in [4.69, 9.17) is 0 Å². The molecule has 5 nitrogen and oxygen atoms in total. The van der Waals surface area contributed by atoms with Crippen LogP contribution in [0, 0.1) is 12.7 Å². The van der Waals surface area contributed by atoms with Crippen LogP contribution >= 0.6 is 0 Å². The van der Waals surface area contributed by atoms with Gasteiger partial charge in [-0.1, -0.05) is 31.9 Å². The first-order valence-electron chi connectivity index (χ1n) is 8.70. The SMILES string of the molecule is CCCCCNC(=O)c1cc(NCCc2ccc(F)cc2)nc(C)n1. The lowest BCUT2D eigenvalue weighted by Gasteiger charge is -2.09. The molecule has 2 rings (SSSR count). The summed E-state index contributed by atoms with van der Waals surface area (Å²) >= 11 is 0. The second kappa shape index (κ2) is 9.71. The predicted octanol–water partition coefficient (Wildman–Crippen LogP) is 3.50. The van der Waals surface area contributed by atoms with E-state index >= 15 is 0 Å². The fraction of sp³-hybridized carbons (Fsp3) is 0.421. The average Bonchev–Trinajstić information content (AvgIpc) is 2.60. The first-order valence-corrected chi connectivity index (χ1v) is 8.70. The van der Waals surface area contributed by atoms with Gasteiger partial charge in [-0.25, -0.2) is 14.4 Å². The Morgan fingerprint density at radius 1 is 1.12 bits per heavy atom. The molecule has 0 aliphatic heterocycles. The summed E-state index contributed by atoms with van der Waals surface area (Å²) in [4.78, 5) is 20.7. The standard InChI is InChI=1S/C19H25FN4O/c1-3-4-5-11-22-19(25)17-13-18(24-14(2)23-17)21-12-10-15-6-8-16(20)9-7-15/h6-9,13H,3-5,10-12H2,1-2H3,(H,22,25)(H,21,23,24). The van der Waals surface area contributed by atoms with E-state index in [2.05, 4.69) is 27.5 Å². The van der Waals surface area contributed by atoms with Crippen molar-refractivity contribution in [3.63, 3.8) is 0 Å². The summed E-state index contributed by atoms with van der Waals surface area (Å²) in [6, 6.07) is 8.08. The topological polar surface area (TPSA) is 66.9 Å². The van der Waals surface area contributed by atoms with E-state index in [9.17, 15) is 9.18 Å². The molecule has 0 atom stereocenters. The van der Waals surface area contributed by atoms with Gasteiger partial charge in [0.1, 0.15) is 23.2 Å². The molecule has 0 saturated heterocycles. The number of aryl methyl sites for hydroxylation is 1. The molecule has 0 bridgehead atoms. The van der Waals surface area contributed by atoms with E-state index in [1.165, 1.54) is 12.1 Å². The van der Waals surface area contributed by atoms with E-state index in [1.54, 1.807) is 25.1 Å². The van der Waals surface area contributed by atoms with Gasteiger partial charge in [0.15, 0.2) is 0 Å². The van der Waals surface area contributed by atoms with Crippen molar-refractivity contribution in [3.05, 3.63) is 53.2 Å². The Morgan fingerprint density at radius 3 is 2.60 bits per heavy atom. The summed E-state index contributed by atoms with van der Waals surface area (Å²) < 4.78 is 12.9. The van der Waals surface area contributed by atoms with Gasteiger partial charge in [0, 0.05) is 19.2 Å². The van der Waals surface area contributed by atoms with Crippen molar-refractivity contribution in [1.82, 2.24) is 15.3 Å². The van der Waals surface area contributed by atoms with E-state index in [0.717, 1.165) is 31.2 Å². The van der Waals surface area contributed by atoms with Crippen LogP contribution in [0.25, 0.3) is 0 Å². The number of nitrogens with one attached hydrogen (secondary N) is 2. The second-order valence-electron chi connectivity index (χ2n) is 5.95. The minimum atomic E-state index is -0.238. The lowest BCUT2D eigenvalue weighted by Crippen LogP contribution is -2.26. The van der Waals surface area contributed by atoms with Crippen LogP contribution in [-0.2, 0) is 6.42 Å². The summed E-state index contributed by atoms with van der Waals surface area (Å²) in [5, 5.41) is 6.08. The van der Waals surface area contributed by atoms with Crippen LogP contribution < -0.4 is 10.6 Å². The van der Waals surface area contributed by atoms with E-state index in [-0.39, 0.29) is 11.7 Å². The van der Waals surface area contributed by atoms with Gasteiger partial charge in [-0.2, -0.15) is 0 Å². The molecule has 0 saturated carbocycles. The van der Waals surface area contributed by atoms with Crippen molar-refractivity contribution in [2.24, 2.45) is 0 Å². The lowest BCUT2D eigenvalue weighted by molar-refractivity contribution is 0.0947. The molecule has 1 heterocycles. The lowest BCUT2D eigenvalue weighted by atomic mass is 10.1. The van der Waals surface area contributed by atoms with Crippen LogP contribution in [-0.4, -0.2) is 29.0 Å². The second-order valence-corrected chi connectivity index (χ2v) is 5.95. The monoisotopic (exact) mass is 344 g/mol. The van der Waals surface area contributed by atoms with Crippen molar-refractivity contribution >= 4 is 11.7 Å². The molecular formula is C19H25FN4O. The van der Waals surface area contributed by atoms with Crippen LogP contribution in [0.4, 0.5) is 10.2 Å². The summed E-state index contributed by atoms with van der Waals surface area (Å²) in [6.07, 6.45) is 3.92. The van der Waals surface area contributed by atoms with Gasteiger partial charge in [-0.15, -0.1) is 0 Å². The van der Waals surface area contributed by atoms with Gasteiger partial charge in [0.2, 0.25) is 0 Å². The smallest absolute Gasteiger partial charge is 0.270 e. The summed E-state index contributed by atoms with van der Waals surface area (Å²) in [6.45, 7) is 5.18. The quantitative estimate of drug-likeness (QED) is 0.683. The average molecular weight is 344 g/mol. The van der Waals surface area contributed by atoms with Crippen LogP contribution in [0.15, 0.2) is 30.3 Å². The molecule has 6 heteroatoms. The molecule has 0 aliphatic carbocycles. The molecule has 2 aromatic rings. The van der Waals surface area contributed by atoms with Crippen LogP contribution in [0.5, 0.6) is 0 Å².